The lowest BCUT2D eigenvalue weighted by atomic mass is 10.0. The Morgan fingerprint density at radius 2 is 1.55 bits per heavy atom. The molecule has 3 aromatic rings. The summed E-state index contributed by atoms with van der Waals surface area (Å²) in [5.41, 5.74) is -1.19. The minimum atomic E-state index is -1.05. The summed E-state index contributed by atoms with van der Waals surface area (Å²) in [6.07, 6.45) is -1.01. The van der Waals surface area contributed by atoms with Gasteiger partial charge in [0.15, 0.2) is 11.3 Å². The van der Waals surface area contributed by atoms with Gasteiger partial charge in [0, 0.05) is 5.69 Å². The molecule has 0 aliphatic carbocycles. The molecule has 0 radical (unpaired) electrons. The van der Waals surface area contributed by atoms with Crippen LogP contribution in [0.15, 0.2) is 50.5 Å². The summed E-state index contributed by atoms with van der Waals surface area (Å²) in [5, 5.41) is 0.668. The predicted molar refractivity (Wildman–Crippen MR) is 145 cm³/mol. The number of halogens is 2. The van der Waals surface area contributed by atoms with E-state index in [0.717, 1.165) is 9.31 Å². The average molecular weight is 583 g/mol. The molecule has 0 bridgehead atoms. The lowest BCUT2D eigenvalue weighted by Gasteiger charge is -2.34. The zero-order valence-electron chi connectivity index (χ0n) is 21.1. The molecule has 0 N–H and O–H groups in total. The smallest absolute Gasteiger partial charge is 0.447 e. The van der Waals surface area contributed by atoms with E-state index in [1.807, 2.05) is 0 Å². The normalized spacial score (nSPS) is 16.6. The standard InChI is InChI=1S/C24H24Cl2N4O7S/c1-24(2)20(30-21(32)29(23(33)37-30)14-7-9-18(35-4)16(26)11-14)28(22(38)27(24)12-19(31)36-5)13-6-8-17(34-3)15(25)10-13/h6-11,20H,12H2,1-5H3/t20-/m1/s1. The molecule has 11 nitrogen and oxygen atoms in total. The molecule has 0 saturated carbocycles. The van der Waals surface area contributed by atoms with Gasteiger partial charge in [0.1, 0.15) is 18.0 Å². The van der Waals surface area contributed by atoms with E-state index >= 15 is 0 Å². The fourth-order valence-electron chi connectivity index (χ4n) is 4.36. The summed E-state index contributed by atoms with van der Waals surface area (Å²) < 4.78 is 22.5. The number of carbonyl (C=O) groups is 1. The van der Waals surface area contributed by atoms with E-state index in [1.54, 1.807) is 41.8 Å². The highest BCUT2D eigenvalue weighted by Crippen LogP contribution is 2.43. The first-order chi connectivity index (χ1) is 18.0. The third-order valence-electron chi connectivity index (χ3n) is 6.29. The van der Waals surface area contributed by atoms with Crippen molar-refractivity contribution < 1.29 is 23.5 Å². The number of hydrogen-bond acceptors (Lipinski definition) is 8. The minimum Gasteiger partial charge on any atom is -0.495 e. The number of benzene rings is 2. The van der Waals surface area contributed by atoms with Gasteiger partial charge in [0.25, 0.3) is 0 Å². The van der Waals surface area contributed by atoms with Crippen molar-refractivity contribution in [3.8, 4) is 17.2 Å². The number of thiocarbonyl (C=S) groups is 1. The molecule has 38 heavy (non-hydrogen) atoms. The van der Waals surface area contributed by atoms with Gasteiger partial charge in [-0.1, -0.05) is 23.2 Å². The number of nitrogens with zero attached hydrogens (tertiary/aromatic N) is 4. The van der Waals surface area contributed by atoms with Crippen molar-refractivity contribution in [1.29, 1.82) is 0 Å². The Morgan fingerprint density at radius 1 is 1.00 bits per heavy atom. The van der Waals surface area contributed by atoms with E-state index in [1.165, 1.54) is 39.5 Å². The molecule has 1 aliphatic rings. The molecule has 0 unspecified atom stereocenters. The molecule has 0 spiro atoms. The highest BCUT2D eigenvalue weighted by atomic mass is 35.5. The van der Waals surface area contributed by atoms with Crippen LogP contribution in [0, 0.1) is 0 Å². The number of ether oxygens (including phenoxy) is 3. The second-order valence-corrected chi connectivity index (χ2v) is 9.96. The summed E-state index contributed by atoms with van der Waals surface area (Å²) in [6, 6.07) is 9.36. The first-order valence-corrected chi connectivity index (χ1v) is 12.3. The lowest BCUT2D eigenvalue weighted by Crippen LogP contribution is -2.48. The fraction of sp³-hybridized carbons (Fsp3) is 0.333. The summed E-state index contributed by atoms with van der Waals surface area (Å²) >= 11 is 18.4. The maximum absolute atomic E-state index is 13.7. The number of anilines is 1. The number of esters is 1. The molecule has 1 aromatic heterocycles. The Labute approximate surface area is 232 Å². The fourth-order valence-corrected chi connectivity index (χ4v) is 5.36. The second-order valence-electron chi connectivity index (χ2n) is 8.78. The summed E-state index contributed by atoms with van der Waals surface area (Å²) in [6.45, 7) is 3.30. The number of rotatable bonds is 7. The number of aromatic nitrogens is 2. The van der Waals surface area contributed by atoms with Gasteiger partial charge >= 0.3 is 17.4 Å². The SMILES string of the molecule is COC(=O)CN1C(=S)N(c2ccc(OC)c(Cl)c2)[C@H](n2oc(=O)n(-c3ccc(OC)c(Cl)c3)c2=O)C1(C)C. The predicted octanol–water partition coefficient (Wildman–Crippen LogP) is 3.47. The number of hydrogen-bond donors (Lipinski definition) is 0. The topological polar surface area (TPSA) is 108 Å². The van der Waals surface area contributed by atoms with Gasteiger partial charge in [-0.3, -0.25) is 9.69 Å². The Bertz CT molecular complexity index is 1530. The van der Waals surface area contributed by atoms with Gasteiger partial charge in [-0.15, -0.1) is 4.74 Å². The van der Waals surface area contributed by atoms with Crippen LogP contribution in [-0.2, 0) is 9.53 Å². The van der Waals surface area contributed by atoms with Crippen LogP contribution in [0.5, 0.6) is 11.5 Å². The van der Waals surface area contributed by atoms with E-state index in [2.05, 4.69) is 0 Å². The van der Waals surface area contributed by atoms with Crippen molar-refractivity contribution in [3.05, 3.63) is 67.5 Å². The van der Waals surface area contributed by atoms with Crippen LogP contribution in [0.3, 0.4) is 0 Å². The van der Waals surface area contributed by atoms with E-state index in [-0.39, 0.29) is 27.4 Å². The van der Waals surface area contributed by atoms with Crippen molar-refractivity contribution in [1.82, 2.24) is 14.2 Å². The van der Waals surface area contributed by atoms with E-state index in [4.69, 9.17) is 54.2 Å². The average Bonchev–Trinajstić information content (AvgIpc) is 3.27. The molecule has 1 saturated heterocycles. The van der Waals surface area contributed by atoms with Gasteiger partial charge in [-0.2, -0.15) is 4.57 Å². The highest BCUT2D eigenvalue weighted by molar-refractivity contribution is 7.80. The summed E-state index contributed by atoms with van der Waals surface area (Å²) in [7, 11) is 4.19. The largest absolute Gasteiger partial charge is 0.495 e. The van der Waals surface area contributed by atoms with Gasteiger partial charge in [0.05, 0.1) is 42.6 Å². The molecule has 2 heterocycles. The summed E-state index contributed by atoms with van der Waals surface area (Å²) in [5.74, 6) is -0.699. The Kier molecular flexibility index (Phi) is 7.51. The molecule has 0 amide bonds. The van der Waals surface area contributed by atoms with Crippen LogP contribution < -0.4 is 25.8 Å². The third kappa shape index (κ3) is 4.52. The Hall–Kier alpha value is -3.48. The van der Waals surface area contributed by atoms with Crippen molar-refractivity contribution in [2.75, 3.05) is 32.8 Å². The number of methoxy groups -OCH3 is 3. The Morgan fingerprint density at radius 3 is 2.08 bits per heavy atom. The monoisotopic (exact) mass is 582 g/mol. The Balaban J connectivity index is 1.92. The van der Waals surface area contributed by atoms with Gasteiger partial charge in [0.2, 0.25) is 0 Å². The molecular formula is C24H24Cl2N4O7S. The molecule has 1 aliphatic heterocycles. The second kappa shape index (κ2) is 10.4. The number of carbonyl (C=O) groups excluding carboxylic acids is 1. The zero-order chi connectivity index (χ0) is 27.9. The zero-order valence-corrected chi connectivity index (χ0v) is 23.4. The van der Waals surface area contributed by atoms with Gasteiger partial charge in [-0.05, 0) is 62.5 Å². The van der Waals surface area contributed by atoms with Crippen LogP contribution in [0.25, 0.3) is 5.69 Å². The quantitative estimate of drug-likeness (QED) is 0.303. The molecule has 1 atom stereocenters. The molecule has 2 aromatic carbocycles. The maximum Gasteiger partial charge on any atom is 0.447 e. The van der Waals surface area contributed by atoms with Crippen LogP contribution in [-0.4, -0.2) is 58.7 Å². The van der Waals surface area contributed by atoms with Crippen molar-refractivity contribution in [2.24, 2.45) is 0 Å². The molecule has 202 valence electrons. The van der Waals surface area contributed by atoms with Crippen LogP contribution >= 0.6 is 35.4 Å². The molecule has 4 rings (SSSR count). The van der Waals surface area contributed by atoms with Crippen molar-refractivity contribution in [3.63, 3.8) is 0 Å². The minimum absolute atomic E-state index is 0.178. The first-order valence-electron chi connectivity index (χ1n) is 11.2. The van der Waals surface area contributed by atoms with Crippen molar-refractivity contribution >= 4 is 52.2 Å². The van der Waals surface area contributed by atoms with E-state index in [0.29, 0.717) is 17.2 Å². The van der Waals surface area contributed by atoms with E-state index in [9.17, 15) is 14.4 Å². The van der Waals surface area contributed by atoms with E-state index < -0.39 is 29.1 Å². The lowest BCUT2D eigenvalue weighted by molar-refractivity contribution is -0.142. The first kappa shape index (κ1) is 27.6. The van der Waals surface area contributed by atoms with Crippen molar-refractivity contribution in [2.45, 2.75) is 25.6 Å². The third-order valence-corrected chi connectivity index (χ3v) is 7.30. The van der Waals surface area contributed by atoms with Gasteiger partial charge in [-0.25, -0.2) is 9.59 Å². The molecular weight excluding hydrogens is 559 g/mol. The van der Waals surface area contributed by atoms with Crippen LogP contribution in [0.1, 0.15) is 20.0 Å². The maximum atomic E-state index is 13.7. The molecule has 1 fully saturated rings. The highest BCUT2D eigenvalue weighted by Gasteiger charge is 2.53. The van der Waals surface area contributed by atoms with Crippen LogP contribution in [0.4, 0.5) is 5.69 Å². The summed E-state index contributed by atoms with van der Waals surface area (Å²) in [4.78, 5) is 42.1. The molecule has 14 heteroatoms. The van der Waals surface area contributed by atoms with Crippen LogP contribution in [0.2, 0.25) is 10.0 Å². The van der Waals surface area contributed by atoms with Gasteiger partial charge < -0.3 is 23.6 Å².